The molecule has 2 rings (SSSR count). The van der Waals surface area contributed by atoms with Gasteiger partial charge in [0, 0.05) is 32.0 Å². The summed E-state index contributed by atoms with van der Waals surface area (Å²) >= 11 is 0. The van der Waals surface area contributed by atoms with Crippen molar-refractivity contribution in [2.45, 2.75) is 44.7 Å². The lowest BCUT2D eigenvalue weighted by Crippen LogP contribution is -2.36. The molecule has 2 atom stereocenters. The minimum Gasteiger partial charge on any atom is -0.384 e. The van der Waals surface area contributed by atoms with E-state index in [2.05, 4.69) is 20.4 Å². The van der Waals surface area contributed by atoms with Gasteiger partial charge >= 0.3 is 0 Å². The van der Waals surface area contributed by atoms with Crippen molar-refractivity contribution in [1.82, 2.24) is 20.4 Å². The zero-order valence-electron chi connectivity index (χ0n) is 13.1. The Kier molecular flexibility index (Phi) is 5.30. The first-order valence-electron chi connectivity index (χ1n) is 7.33. The maximum Gasteiger partial charge on any atom is 0.244 e. The quantitative estimate of drug-likeness (QED) is 0.846. The van der Waals surface area contributed by atoms with Gasteiger partial charge in [-0.25, -0.2) is 0 Å². The predicted octanol–water partition coefficient (Wildman–Crippen LogP) is 1.09. The van der Waals surface area contributed by atoms with Gasteiger partial charge in [0.25, 0.3) is 0 Å². The fourth-order valence-electron chi connectivity index (χ4n) is 2.50. The topological polar surface area (TPSA) is 80.5 Å². The number of methoxy groups -OCH3 is 1. The molecule has 1 N–H and O–H groups in total. The third kappa shape index (κ3) is 4.01. The largest absolute Gasteiger partial charge is 0.384 e. The molecule has 0 spiro atoms. The maximum absolute atomic E-state index is 11.7. The van der Waals surface area contributed by atoms with Crippen molar-refractivity contribution < 1.29 is 14.1 Å². The number of likely N-dealkylation sites (tertiary alicyclic amines) is 1. The molecule has 0 aliphatic carbocycles. The first-order chi connectivity index (χ1) is 10.0. The van der Waals surface area contributed by atoms with Crippen LogP contribution in [0.3, 0.4) is 0 Å². The van der Waals surface area contributed by atoms with E-state index in [1.54, 1.807) is 7.11 Å². The van der Waals surface area contributed by atoms with Crippen molar-refractivity contribution in [3.8, 4) is 0 Å². The van der Waals surface area contributed by atoms with Crippen LogP contribution in [0.5, 0.6) is 0 Å². The summed E-state index contributed by atoms with van der Waals surface area (Å²) in [5, 5.41) is 7.03. The van der Waals surface area contributed by atoms with E-state index in [9.17, 15) is 4.79 Å². The van der Waals surface area contributed by atoms with Gasteiger partial charge in [0.15, 0.2) is 5.82 Å². The molecule has 1 saturated heterocycles. The van der Waals surface area contributed by atoms with E-state index in [1.807, 2.05) is 20.9 Å². The van der Waals surface area contributed by atoms with Gasteiger partial charge in [0.05, 0.1) is 12.6 Å². The van der Waals surface area contributed by atoms with Crippen molar-refractivity contribution in [2.75, 3.05) is 27.3 Å². The van der Waals surface area contributed by atoms with E-state index in [-0.39, 0.29) is 23.9 Å². The van der Waals surface area contributed by atoms with Crippen LogP contribution >= 0.6 is 0 Å². The minimum absolute atomic E-state index is 0.0179. The minimum atomic E-state index is 0.0179. The van der Waals surface area contributed by atoms with E-state index < -0.39 is 0 Å². The second-order valence-corrected chi connectivity index (χ2v) is 5.84. The van der Waals surface area contributed by atoms with Crippen molar-refractivity contribution >= 4 is 5.91 Å². The maximum atomic E-state index is 11.7. The Morgan fingerprint density at radius 2 is 2.33 bits per heavy atom. The smallest absolute Gasteiger partial charge is 0.244 e. The average Bonchev–Trinajstić information content (AvgIpc) is 3.03. The molecule has 1 fully saturated rings. The SMILES string of the molecule is COCCC(=O)N[C@H]1C[C@@H](c2nc(C(C)C)no2)N(C)C1. The molecule has 2 heterocycles. The number of aromatic nitrogens is 2. The molecule has 7 heteroatoms. The molecule has 0 bridgehead atoms. The summed E-state index contributed by atoms with van der Waals surface area (Å²) in [4.78, 5) is 18.3. The Morgan fingerprint density at radius 1 is 1.57 bits per heavy atom. The molecule has 1 aliphatic rings. The van der Waals surface area contributed by atoms with Crippen LogP contribution in [-0.4, -0.2) is 54.3 Å². The van der Waals surface area contributed by atoms with E-state index in [1.165, 1.54) is 0 Å². The molecule has 1 aromatic rings. The van der Waals surface area contributed by atoms with Crippen LogP contribution < -0.4 is 5.32 Å². The molecule has 1 aromatic heterocycles. The number of likely N-dealkylation sites (N-methyl/N-ethyl adjacent to an activating group) is 1. The fraction of sp³-hybridized carbons (Fsp3) is 0.786. The summed E-state index contributed by atoms with van der Waals surface area (Å²) in [6, 6.07) is 0.177. The molecule has 0 radical (unpaired) electrons. The number of carbonyl (C=O) groups excluding carboxylic acids is 1. The zero-order chi connectivity index (χ0) is 15.4. The highest BCUT2D eigenvalue weighted by Crippen LogP contribution is 2.30. The number of amides is 1. The molecular weight excluding hydrogens is 272 g/mol. The first kappa shape index (κ1) is 15.9. The van der Waals surface area contributed by atoms with Gasteiger partial charge in [0.1, 0.15) is 0 Å². The van der Waals surface area contributed by atoms with Gasteiger partial charge in [0.2, 0.25) is 11.8 Å². The normalized spacial score (nSPS) is 22.9. The Bertz CT molecular complexity index is 475. The summed E-state index contributed by atoms with van der Waals surface area (Å²) < 4.78 is 10.3. The van der Waals surface area contributed by atoms with Gasteiger partial charge in [-0.3, -0.25) is 9.69 Å². The fourth-order valence-corrected chi connectivity index (χ4v) is 2.50. The first-order valence-corrected chi connectivity index (χ1v) is 7.33. The number of hydrogen-bond acceptors (Lipinski definition) is 6. The second kappa shape index (κ2) is 7.00. The average molecular weight is 296 g/mol. The van der Waals surface area contributed by atoms with Crippen molar-refractivity contribution in [3.63, 3.8) is 0 Å². The third-order valence-corrected chi connectivity index (χ3v) is 3.71. The van der Waals surface area contributed by atoms with Crippen LogP contribution in [0.2, 0.25) is 0 Å². The predicted molar refractivity (Wildman–Crippen MR) is 76.8 cm³/mol. The van der Waals surface area contributed by atoms with Crippen LogP contribution in [0.1, 0.15) is 50.4 Å². The van der Waals surface area contributed by atoms with Gasteiger partial charge in [-0.2, -0.15) is 4.98 Å². The van der Waals surface area contributed by atoms with Crippen LogP contribution in [-0.2, 0) is 9.53 Å². The van der Waals surface area contributed by atoms with Crippen molar-refractivity contribution in [3.05, 3.63) is 11.7 Å². The highest BCUT2D eigenvalue weighted by molar-refractivity contribution is 5.76. The monoisotopic (exact) mass is 296 g/mol. The molecule has 7 nitrogen and oxygen atoms in total. The van der Waals surface area contributed by atoms with E-state index in [0.29, 0.717) is 18.9 Å². The van der Waals surface area contributed by atoms with Crippen LogP contribution in [0.15, 0.2) is 4.52 Å². The Hall–Kier alpha value is -1.47. The van der Waals surface area contributed by atoms with Crippen molar-refractivity contribution in [1.29, 1.82) is 0 Å². The summed E-state index contributed by atoms with van der Waals surface area (Å²) in [6.07, 6.45) is 1.17. The molecule has 21 heavy (non-hydrogen) atoms. The third-order valence-electron chi connectivity index (χ3n) is 3.71. The zero-order valence-corrected chi connectivity index (χ0v) is 13.1. The lowest BCUT2D eigenvalue weighted by molar-refractivity contribution is -0.122. The summed E-state index contributed by atoms with van der Waals surface area (Å²) in [6.45, 7) is 5.29. The molecule has 118 valence electrons. The molecule has 0 aromatic carbocycles. The molecule has 0 saturated carbocycles. The molecule has 1 aliphatic heterocycles. The van der Waals surface area contributed by atoms with E-state index in [0.717, 1.165) is 18.8 Å². The lowest BCUT2D eigenvalue weighted by Gasteiger charge is -2.14. The number of nitrogens with zero attached hydrogens (tertiary/aromatic N) is 3. The number of carbonyl (C=O) groups is 1. The van der Waals surface area contributed by atoms with Gasteiger partial charge < -0.3 is 14.6 Å². The highest BCUT2D eigenvalue weighted by Gasteiger charge is 2.35. The van der Waals surface area contributed by atoms with Crippen molar-refractivity contribution in [2.24, 2.45) is 0 Å². The number of ether oxygens (including phenoxy) is 1. The number of rotatable bonds is 6. The number of nitrogens with one attached hydrogen (secondary N) is 1. The van der Waals surface area contributed by atoms with Crippen LogP contribution in [0.4, 0.5) is 0 Å². The number of hydrogen-bond donors (Lipinski definition) is 1. The van der Waals surface area contributed by atoms with Crippen LogP contribution in [0.25, 0.3) is 0 Å². The molecule has 0 unspecified atom stereocenters. The highest BCUT2D eigenvalue weighted by atomic mass is 16.5. The Labute approximate surface area is 125 Å². The molecule has 1 amide bonds. The molecular formula is C14H24N4O3. The summed E-state index contributed by atoms with van der Waals surface area (Å²) in [7, 11) is 3.60. The summed E-state index contributed by atoms with van der Waals surface area (Å²) in [5.41, 5.74) is 0. The Morgan fingerprint density at radius 3 is 2.95 bits per heavy atom. The van der Waals surface area contributed by atoms with E-state index in [4.69, 9.17) is 9.26 Å². The lowest BCUT2D eigenvalue weighted by atomic mass is 10.1. The second-order valence-electron chi connectivity index (χ2n) is 5.84. The Balaban J connectivity index is 1.92. The van der Waals surface area contributed by atoms with E-state index >= 15 is 0 Å². The van der Waals surface area contributed by atoms with Gasteiger partial charge in [-0.05, 0) is 13.5 Å². The van der Waals surface area contributed by atoms with Gasteiger partial charge in [-0.15, -0.1) is 0 Å². The summed E-state index contributed by atoms with van der Waals surface area (Å²) in [5.74, 6) is 1.63. The standard InChI is InChI=1S/C14H24N4O3/c1-9(2)13-16-14(21-17-13)11-7-10(8-18(11)3)15-12(19)5-6-20-4/h9-11H,5-8H2,1-4H3,(H,15,19)/t10-,11-/m0/s1. The van der Waals surface area contributed by atoms with Crippen LogP contribution in [0, 0.1) is 0 Å². The van der Waals surface area contributed by atoms with Gasteiger partial charge in [-0.1, -0.05) is 19.0 Å².